The maximum Gasteiger partial charge on any atom is 0.0195 e. The molecule has 0 aromatic rings. The summed E-state index contributed by atoms with van der Waals surface area (Å²) in [6.07, 6.45) is 11.5. The van der Waals surface area contributed by atoms with Crippen molar-refractivity contribution in [1.82, 2.24) is 10.2 Å². The van der Waals surface area contributed by atoms with E-state index in [-0.39, 0.29) is 0 Å². The van der Waals surface area contributed by atoms with Crippen LogP contribution in [0, 0.1) is 11.8 Å². The monoisotopic (exact) mass is 280 g/mol. The van der Waals surface area contributed by atoms with Crippen molar-refractivity contribution >= 4 is 0 Å². The van der Waals surface area contributed by atoms with Crippen molar-refractivity contribution in [3.8, 4) is 0 Å². The van der Waals surface area contributed by atoms with Crippen molar-refractivity contribution in [3.05, 3.63) is 0 Å². The van der Waals surface area contributed by atoms with Gasteiger partial charge in [0.2, 0.25) is 0 Å². The molecule has 2 aliphatic rings. The van der Waals surface area contributed by atoms with Gasteiger partial charge in [0, 0.05) is 25.2 Å². The van der Waals surface area contributed by atoms with E-state index in [2.05, 4.69) is 31.0 Å². The van der Waals surface area contributed by atoms with Crippen molar-refractivity contribution in [2.45, 2.75) is 84.2 Å². The van der Waals surface area contributed by atoms with Crippen LogP contribution >= 0.6 is 0 Å². The molecule has 20 heavy (non-hydrogen) atoms. The van der Waals surface area contributed by atoms with E-state index in [1.165, 1.54) is 71.0 Å². The van der Waals surface area contributed by atoms with E-state index in [0.717, 1.165) is 23.9 Å². The van der Waals surface area contributed by atoms with Crippen LogP contribution in [0.2, 0.25) is 0 Å². The molecule has 1 atom stereocenters. The zero-order valence-corrected chi connectivity index (χ0v) is 14.0. The van der Waals surface area contributed by atoms with Gasteiger partial charge in [-0.15, -0.1) is 0 Å². The second kappa shape index (κ2) is 8.38. The normalized spacial score (nSPS) is 31.4. The zero-order valence-electron chi connectivity index (χ0n) is 14.0. The van der Waals surface area contributed by atoms with Gasteiger partial charge < -0.3 is 5.32 Å². The van der Waals surface area contributed by atoms with Crippen LogP contribution in [0.25, 0.3) is 0 Å². The maximum absolute atomic E-state index is 3.69. The van der Waals surface area contributed by atoms with Gasteiger partial charge in [-0.25, -0.2) is 0 Å². The van der Waals surface area contributed by atoms with E-state index >= 15 is 0 Å². The predicted molar refractivity (Wildman–Crippen MR) is 88.1 cm³/mol. The molecule has 0 radical (unpaired) electrons. The van der Waals surface area contributed by atoms with Crippen LogP contribution in [0.5, 0.6) is 0 Å². The molecule has 1 saturated heterocycles. The van der Waals surface area contributed by atoms with Gasteiger partial charge in [0.05, 0.1) is 0 Å². The first kappa shape index (κ1) is 16.3. The lowest BCUT2D eigenvalue weighted by Crippen LogP contribution is -2.46. The number of hydrogen-bond acceptors (Lipinski definition) is 2. The Bertz CT molecular complexity index is 250. The minimum absolute atomic E-state index is 0.766. The van der Waals surface area contributed by atoms with E-state index in [0.29, 0.717) is 0 Å². The molecule has 0 amide bonds. The van der Waals surface area contributed by atoms with Gasteiger partial charge in [0.15, 0.2) is 0 Å². The van der Waals surface area contributed by atoms with Crippen LogP contribution in [-0.2, 0) is 0 Å². The minimum atomic E-state index is 0.766. The molecule has 118 valence electrons. The van der Waals surface area contributed by atoms with Crippen LogP contribution < -0.4 is 5.32 Å². The van der Waals surface area contributed by atoms with Crippen molar-refractivity contribution in [2.24, 2.45) is 11.8 Å². The third-order valence-electron chi connectivity index (χ3n) is 5.25. The van der Waals surface area contributed by atoms with Gasteiger partial charge in [-0.2, -0.15) is 0 Å². The largest absolute Gasteiger partial charge is 0.313 e. The first-order valence-corrected chi connectivity index (χ1v) is 9.16. The topological polar surface area (TPSA) is 15.3 Å². The molecule has 0 aromatic carbocycles. The second-order valence-corrected chi connectivity index (χ2v) is 7.60. The molecule has 1 aliphatic heterocycles. The van der Waals surface area contributed by atoms with Gasteiger partial charge in [-0.1, -0.05) is 33.6 Å². The summed E-state index contributed by atoms with van der Waals surface area (Å²) in [6, 6.07) is 1.63. The van der Waals surface area contributed by atoms with E-state index in [9.17, 15) is 0 Å². The summed E-state index contributed by atoms with van der Waals surface area (Å²) in [5.74, 6) is 1.83. The molecular formula is C18H36N2. The molecule has 0 bridgehead atoms. The lowest BCUT2D eigenvalue weighted by molar-refractivity contribution is 0.111. The molecule has 1 unspecified atom stereocenters. The van der Waals surface area contributed by atoms with Crippen LogP contribution in [-0.4, -0.2) is 36.6 Å². The van der Waals surface area contributed by atoms with Crippen LogP contribution in [0.15, 0.2) is 0 Å². The Morgan fingerprint density at radius 1 is 1.10 bits per heavy atom. The Hall–Kier alpha value is -0.0800. The summed E-state index contributed by atoms with van der Waals surface area (Å²) in [6.45, 7) is 10.9. The maximum atomic E-state index is 3.69. The fourth-order valence-electron chi connectivity index (χ4n) is 4.24. The fraction of sp³-hybridized carbons (Fsp3) is 1.00. The second-order valence-electron chi connectivity index (χ2n) is 7.60. The van der Waals surface area contributed by atoms with Gasteiger partial charge in [0.1, 0.15) is 0 Å². The Morgan fingerprint density at radius 3 is 2.40 bits per heavy atom. The molecule has 0 spiro atoms. The lowest BCUT2D eigenvalue weighted by atomic mass is 9.82. The molecule has 2 rings (SSSR count). The molecular weight excluding hydrogens is 244 g/mol. The zero-order chi connectivity index (χ0) is 14.4. The molecule has 0 aromatic heterocycles. The number of nitrogens with zero attached hydrogens (tertiary/aromatic N) is 1. The fourth-order valence-corrected chi connectivity index (χ4v) is 4.24. The average molecular weight is 281 g/mol. The summed E-state index contributed by atoms with van der Waals surface area (Å²) in [5.41, 5.74) is 0. The van der Waals surface area contributed by atoms with Crippen LogP contribution in [0.1, 0.15) is 72.1 Å². The number of rotatable bonds is 7. The van der Waals surface area contributed by atoms with E-state index < -0.39 is 0 Å². The predicted octanol–water partition coefficient (Wildman–Crippen LogP) is 4.06. The van der Waals surface area contributed by atoms with E-state index in [1.54, 1.807) is 0 Å². The van der Waals surface area contributed by atoms with Gasteiger partial charge in [-0.05, 0) is 56.9 Å². The summed E-state index contributed by atoms with van der Waals surface area (Å²) < 4.78 is 0. The Balaban J connectivity index is 1.83. The number of hydrogen-bond donors (Lipinski definition) is 1. The summed E-state index contributed by atoms with van der Waals surface area (Å²) in [4.78, 5) is 2.83. The Kier molecular flexibility index (Phi) is 6.83. The Labute approximate surface area is 126 Å². The average Bonchev–Trinajstić information content (AvgIpc) is 2.92. The van der Waals surface area contributed by atoms with Crippen molar-refractivity contribution in [1.29, 1.82) is 0 Å². The first-order valence-electron chi connectivity index (χ1n) is 9.16. The number of nitrogens with one attached hydrogen (secondary N) is 1. The third-order valence-corrected chi connectivity index (χ3v) is 5.25. The highest BCUT2D eigenvalue weighted by Gasteiger charge is 2.28. The molecule has 1 N–H and O–H groups in total. The van der Waals surface area contributed by atoms with Gasteiger partial charge in [-0.3, -0.25) is 4.90 Å². The van der Waals surface area contributed by atoms with Gasteiger partial charge in [0.25, 0.3) is 0 Å². The quantitative estimate of drug-likeness (QED) is 0.756. The minimum Gasteiger partial charge on any atom is -0.313 e. The molecule has 2 nitrogen and oxygen atoms in total. The molecule has 2 heteroatoms. The van der Waals surface area contributed by atoms with E-state index in [1.807, 2.05) is 0 Å². The summed E-state index contributed by atoms with van der Waals surface area (Å²) in [5, 5.41) is 3.69. The summed E-state index contributed by atoms with van der Waals surface area (Å²) in [7, 11) is 0. The molecule has 1 aliphatic carbocycles. The smallest absolute Gasteiger partial charge is 0.0195 e. The highest BCUT2D eigenvalue weighted by molar-refractivity contribution is 4.85. The first-order chi connectivity index (χ1) is 9.69. The van der Waals surface area contributed by atoms with Crippen molar-refractivity contribution < 1.29 is 0 Å². The highest BCUT2D eigenvalue weighted by atomic mass is 15.2. The van der Waals surface area contributed by atoms with Crippen molar-refractivity contribution in [2.75, 3.05) is 19.6 Å². The van der Waals surface area contributed by atoms with Gasteiger partial charge >= 0.3 is 0 Å². The standard InChI is InChI=1S/C18H36N2/c1-4-6-16-8-10-18(11-9-16)20(13-15(2)3)14-17-7-5-12-19-17/h15-19H,4-14H2,1-3H3. The van der Waals surface area contributed by atoms with Crippen LogP contribution in [0.3, 0.4) is 0 Å². The lowest BCUT2D eigenvalue weighted by Gasteiger charge is -2.39. The third kappa shape index (κ3) is 5.04. The van der Waals surface area contributed by atoms with Crippen molar-refractivity contribution in [3.63, 3.8) is 0 Å². The van der Waals surface area contributed by atoms with Crippen LogP contribution in [0.4, 0.5) is 0 Å². The molecule has 1 saturated carbocycles. The van der Waals surface area contributed by atoms with E-state index in [4.69, 9.17) is 0 Å². The summed E-state index contributed by atoms with van der Waals surface area (Å²) >= 11 is 0. The molecule has 2 fully saturated rings. The molecule has 1 heterocycles. The highest BCUT2D eigenvalue weighted by Crippen LogP contribution is 2.31. The Morgan fingerprint density at radius 2 is 1.85 bits per heavy atom. The SMILES string of the molecule is CCCC1CCC(N(CC(C)C)CC2CCCN2)CC1.